The molecule has 0 bridgehead atoms. The van der Waals surface area contributed by atoms with Gasteiger partial charge in [-0.15, -0.1) is 0 Å². The van der Waals surface area contributed by atoms with Gasteiger partial charge in [-0.05, 0) is 91.9 Å². The summed E-state index contributed by atoms with van der Waals surface area (Å²) in [4.78, 5) is 13.8. The maximum absolute atomic E-state index is 13.8. The van der Waals surface area contributed by atoms with E-state index >= 15 is 0 Å². The summed E-state index contributed by atoms with van der Waals surface area (Å²) in [6.45, 7) is 9.33. The maximum Gasteiger partial charge on any atom is 0.137 e. The Bertz CT molecular complexity index is 773. The van der Waals surface area contributed by atoms with Crippen LogP contribution in [0.1, 0.15) is 85.5 Å². The summed E-state index contributed by atoms with van der Waals surface area (Å²) in [5, 5.41) is 19.6. The second-order valence-electron chi connectivity index (χ2n) is 12.4. The average molecular weight is 431 g/mol. The van der Waals surface area contributed by atoms with E-state index in [0.717, 1.165) is 50.7 Å². The van der Waals surface area contributed by atoms with E-state index in [1.165, 1.54) is 12.0 Å². The van der Waals surface area contributed by atoms with Crippen molar-refractivity contribution >= 4 is 5.78 Å². The number of hydrogen-bond acceptors (Lipinski definition) is 4. The molecule has 0 amide bonds. The van der Waals surface area contributed by atoms with Crippen LogP contribution in [0.3, 0.4) is 0 Å². The smallest absolute Gasteiger partial charge is 0.137 e. The minimum Gasteiger partial charge on any atom is -0.494 e. The lowest BCUT2D eigenvalue weighted by Crippen LogP contribution is -2.57. The molecule has 10 atom stereocenters. The van der Waals surface area contributed by atoms with Crippen molar-refractivity contribution in [2.75, 3.05) is 6.61 Å². The Hall–Kier alpha value is -0.870. The zero-order valence-corrected chi connectivity index (χ0v) is 19.9. The molecule has 1 unspecified atom stereocenters. The number of ketones is 1. The number of fused-ring (bicyclic) bond motifs is 7. The fourth-order valence-corrected chi connectivity index (χ4v) is 9.11. The van der Waals surface area contributed by atoms with E-state index in [-0.39, 0.29) is 35.6 Å². The number of aliphatic hydroxyl groups is 2. The van der Waals surface area contributed by atoms with Gasteiger partial charge in [0.1, 0.15) is 11.9 Å². The molecule has 4 saturated carbocycles. The number of carbonyl (C=O) groups is 1. The molecule has 0 spiro atoms. The number of Topliss-reactive ketones (excluding diaryl/α,β-unsaturated/α-hetero) is 1. The molecular formula is C27H42O4. The van der Waals surface area contributed by atoms with Crippen LogP contribution < -0.4 is 0 Å². The van der Waals surface area contributed by atoms with Crippen molar-refractivity contribution in [3.05, 3.63) is 11.3 Å². The van der Waals surface area contributed by atoms with Gasteiger partial charge in [-0.1, -0.05) is 20.8 Å². The van der Waals surface area contributed by atoms with Crippen LogP contribution in [0.4, 0.5) is 0 Å². The van der Waals surface area contributed by atoms with Crippen LogP contribution in [-0.4, -0.2) is 34.8 Å². The molecule has 0 radical (unpaired) electrons. The van der Waals surface area contributed by atoms with E-state index in [2.05, 4.69) is 27.7 Å². The van der Waals surface area contributed by atoms with E-state index in [1.807, 2.05) is 0 Å². The Kier molecular flexibility index (Phi) is 5.37. The number of ether oxygens (including phenoxy) is 1. The highest BCUT2D eigenvalue weighted by molar-refractivity contribution is 5.84. The minimum atomic E-state index is -0.169. The molecule has 31 heavy (non-hydrogen) atoms. The maximum atomic E-state index is 13.8. The topological polar surface area (TPSA) is 66.8 Å². The van der Waals surface area contributed by atoms with Gasteiger partial charge in [0, 0.05) is 31.3 Å². The molecule has 0 aromatic carbocycles. The highest BCUT2D eigenvalue weighted by Crippen LogP contribution is 2.68. The Morgan fingerprint density at radius 3 is 2.65 bits per heavy atom. The zero-order valence-electron chi connectivity index (χ0n) is 19.9. The Balaban J connectivity index is 1.41. The summed E-state index contributed by atoms with van der Waals surface area (Å²) < 4.78 is 6.56. The van der Waals surface area contributed by atoms with Crippen molar-refractivity contribution < 1.29 is 19.7 Å². The number of rotatable bonds is 4. The molecule has 1 aliphatic heterocycles. The summed E-state index contributed by atoms with van der Waals surface area (Å²) in [6.07, 6.45) is 8.79. The van der Waals surface area contributed by atoms with Gasteiger partial charge in [0.2, 0.25) is 0 Å². The number of aliphatic hydroxyl groups excluding tert-OH is 2. The Labute approximate surface area is 187 Å². The standard InChI is InChI=1S/C27H42O4/c1-15(14-28)5-8-22-16(2)24-23(31-22)12-20-19-7-6-17-11-18(29)9-10-26(17,3)25(19)21(30)13-27(20,24)4/h15,17-20,23-25,28-29H,5-14H2,1-4H3/t15?,17-,18-,19-,20-,23-,24-,25+,26-,27-/m0/s1. The summed E-state index contributed by atoms with van der Waals surface area (Å²) in [5.74, 6) is 4.07. The highest BCUT2D eigenvalue weighted by Gasteiger charge is 2.66. The predicted molar refractivity (Wildman–Crippen MR) is 120 cm³/mol. The van der Waals surface area contributed by atoms with Crippen LogP contribution in [-0.2, 0) is 9.53 Å². The predicted octanol–water partition coefficient (Wildman–Crippen LogP) is 4.88. The molecule has 2 N–H and O–H groups in total. The van der Waals surface area contributed by atoms with Crippen LogP contribution in [0.2, 0.25) is 0 Å². The van der Waals surface area contributed by atoms with Gasteiger partial charge in [0.25, 0.3) is 0 Å². The Morgan fingerprint density at radius 2 is 1.90 bits per heavy atom. The third-order valence-corrected chi connectivity index (χ3v) is 10.7. The van der Waals surface area contributed by atoms with Gasteiger partial charge in [0.05, 0.1) is 11.9 Å². The molecule has 4 heteroatoms. The van der Waals surface area contributed by atoms with E-state index < -0.39 is 0 Å². The normalized spacial score (nSPS) is 49.7. The van der Waals surface area contributed by atoms with Gasteiger partial charge in [-0.2, -0.15) is 0 Å². The SMILES string of the molecule is CC1=C(CCC(C)CO)O[C@H]2C[C@H]3[C@@H]4CC[C@H]5C[C@@H](O)CC[C@]5(C)[C@H]4C(=O)C[C@]3(C)[C@@H]12. The molecule has 0 aromatic rings. The first kappa shape index (κ1) is 21.9. The lowest BCUT2D eigenvalue weighted by molar-refractivity contribution is -0.160. The fourth-order valence-electron chi connectivity index (χ4n) is 9.11. The first-order valence-electron chi connectivity index (χ1n) is 12.9. The van der Waals surface area contributed by atoms with Crippen LogP contribution >= 0.6 is 0 Å². The van der Waals surface area contributed by atoms with Crippen molar-refractivity contribution in [3.63, 3.8) is 0 Å². The molecule has 5 aliphatic rings. The van der Waals surface area contributed by atoms with Crippen molar-refractivity contribution in [2.24, 2.45) is 46.3 Å². The van der Waals surface area contributed by atoms with Gasteiger partial charge in [-0.25, -0.2) is 0 Å². The monoisotopic (exact) mass is 430 g/mol. The molecule has 174 valence electrons. The summed E-state index contributed by atoms with van der Waals surface area (Å²) in [5.41, 5.74) is 1.48. The van der Waals surface area contributed by atoms with Gasteiger partial charge in [0.15, 0.2) is 0 Å². The van der Waals surface area contributed by atoms with Crippen molar-refractivity contribution in [1.82, 2.24) is 0 Å². The van der Waals surface area contributed by atoms with E-state index in [1.54, 1.807) is 0 Å². The minimum absolute atomic E-state index is 0.0225. The van der Waals surface area contributed by atoms with E-state index in [4.69, 9.17) is 4.74 Å². The molecular weight excluding hydrogens is 388 g/mol. The van der Waals surface area contributed by atoms with Gasteiger partial charge in [-0.3, -0.25) is 4.79 Å². The average Bonchev–Trinajstić information content (AvgIpc) is 3.19. The molecule has 5 rings (SSSR count). The second-order valence-corrected chi connectivity index (χ2v) is 12.4. The lowest BCUT2D eigenvalue weighted by atomic mass is 9.44. The summed E-state index contributed by atoms with van der Waals surface area (Å²) >= 11 is 0. The van der Waals surface area contributed by atoms with Crippen LogP contribution in [0.5, 0.6) is 0 Å². The third kappa shape index (κ3) is 3.18. The molecule has 0 saturated heterocycles. The first-order chi connectivity index (χ1) is 14.7. The lowest BCUT2D eigenvalue weighted by Gasteiger charge is -2.59. The number of hydrogen-bond donors (Lipinski definition) is 2. The van der Waals surface area contributed by atoms with E-state index in [0.29, 0.717) is 41.8 Å². The fraction of sp³-hybridized carbons (Fsp3) is 0.889. The largest absolute Gasteiger partial charge is 0.494 e. The zero-order chi connectivity index (χ0) is 22.1. The number of carbonyl (C=O) groups excluding carboxylic acids is 1. The van der Waals surface area contributed by atoms with Gasteiger partial charge >= 0.3 is 0 Å². The van der Waals surface area contributed by atoms with Crippen molar-refractivity contribution in [2.45, 2.75) is 97.7 Å². The molecule has 0 aromatic heterocycles. The highest BCUT2D eigenvalue weighted by atomic mass is 16.5. The summed E-state index contributed by atoms with van der Waals surface area (Å²) in [7, 11) is 0. The molecule has 1 heterocycles. The van der Waals surface area contributed by atoms with Crippen LogP contribution in [0.15, 0.2) is 11.3 Å². The molecule has 4 aliphatic carbocycles. The Morgan fingerprint density at radius 1 is 1.13 bits per heavy atom. The third-order valence-electron chi connectivity index (χ3n) is 10.7. The molecule has 4 nitrogen and oxygen atoms in total. The van der Waals surface area contributed by atoms with Crippen molar-refractivity contribution in [1.29, 1.82) is 0 Å². The quantitative estimate of drug-likeness (QED) is 0.667. The first-order valence-corrected chi connectivity index (χ1v) is 12.9. The van der Waals surface area contributed by atoms with Crippen LogP contribution in [0.25, 0.3) is 0 Å². The van der Waals surface area contributed by atoms with E-state index in [9.17, 15) is 15.0 Å². The number of allylic oxidation sites excluding steroid dienone is 1. The van der Waals surface area contributed by atoms with Crippen molar-refractivity contribution in [3.8, 4) is 0 Å². The van der Waals surface area contributed by atoms with Gasteiger partial charge < -0.3 is 14.9 Å². The summed E-state index contributed by atoms with van der Waals surface area (Å²) in [6, 6.07) is 0. The van der Waals surface area contributed by atoms with Crippen LogP contribution in [0, 0.1) is 46.3 Å². The molecule has 4 fully saturated rings. The second kappa shape index (κ2) is 7.58.